The van der Waals surface area contributed by atoms with E-state index in [1.807, 2.05) is 40.0 Å². The van der Waals surface area contributed by atoms with Gasteiger partial charge in [0.2, 0.25) is 11.9 Å². The van der Waals surface area contributed by atoms with Gasteiger partial charge in [0.15, 0.2) is 5.65 Å². The molecule has 3 saturated heterocycles. The number of carbonyl (C=O) groups excluding carboxylic acids is 1. The van der Waals surface area contributed by atoms with Crippen LogP contribution in [-0.2, 0) is 17.9 Å². The van der Waals surface area contributed by atoms with Gasteiger partial charge in [-0.1, -0.05) is 23.7 Å². The molecule has 2 bridgehead atoms. The molecule has 41 heavy (non-hydrogen) atoms. The van der Waals surface area contributed by atoms with Crippen molar-refractivity contribution < 1.29 is 4.79 Å². The molecule has 2 atom stereocenters. The van der Waals surface area contributed by atoms with Gasteiger partial charge in [0.05, 0.1) is 17.6 Å². The maximum atomic E-state index is 12.7. The number of amides is 1. The third kappa shape index (κ3) is 5.49. The van der Waals surface area contributed by atoms with E-state index in [9.17, 15) is 4.79 Å². The smallest absolute Gasteiger partial charge is 0.247 e. The van der Waals surface area contributed by atoms with Gasteiger partial charge in [-0.2, -0.15) is 10.1 Å². The Kier molecular flexibility index (Phi) is 7.01. The summed E-state index contributed by atoms with van der Waals surface area (Å²) in [6.07, 6.45) is 7.89. The predicted molar refractivity (Wildman–Crippen MR) is 159 cm³/mol. The summed E-state index contributed by atoms with van der Waals surface area (Å²) >= 11 is 6.10. The molecule has 0 saturated carbocycles. The minimum atomic E-state index is 0.0884. The van der Waals surface area contributed by atoms with Gasteiger partial charge in [0, 0.05) is 75.3 Å². The van der Waals surface area contributed by atoms with Crippen LogP contribution in [-0.4, -0.2) is 103 Å². The largest absolute Gasteiger partial charge is 0.365 e. The van der Waals surface area contributed by atoms with Crippen molar-refractivity contribution in [2.24, 2.45) is 0 Å². The maximum absolute atomic E-state index is 12.7. The highest BCUT2D eigenvalue weighted by molar-refractivity contribution is 6.30. The van der Waals surface area contributed by atoms with Gasteiger partial charge in [-0.3, -0.25) is 14.4 Å². The molecule has 0 aliphatic carbocycles. The highest BCUT2D eigenvalue weighted by Gasteiger charge is 2.40. The number of hydrogen-bond donors (Lipinski definition) is 1. The highest BCUT2D eigenvalue weighted by atomic mass is 35.5. The normalized spacial score (nSPS) is 21.6. The first-order valence-electron chi connectivity index (χ1n) is 14.3. The first-order valence-corrected chi connectivity index (χ1v) is 14.7. The number of nitrogens with zero attached hydrogens (tertiary/aromatic N) is 9. The van der Waals surface area contributed by atoms with Gasteiger partial charge >= 0.3 is 0 Å². The molecule has 3 fully saturated rings. The van der Waals surface area contributed by atoms with Crippen molar-refractivity contribution in [1.29, 1.82) is 0 Å². The zero-order valence-corrected chi connectivity index (χ0v) is 24.0. The third-order valence-corrected chi connectivity index (χ3v) is 8.89. The van der Waals surface area contributed by atoms with Crippen LogP contribution < -0.4 is 10.2 Å². The summed E-state index contributed by atoms with van der Waals surface area (Å²) < 4.78 is 3.50. The molecule has 214 valence electrons. The lowest BCUT2D eigenvalue weighted by Crippen LogP contribution is -2.53. The molecule has 2 unspecified atom stereocenters. The predicted octanol–water partition coefficient (Wildman–Crippen LogP) is 2.95. The van der Waals surface area contributed by atoms with Crippen molar-refractivity contribution in [1.82, 2.24) is 39.1 Å². The summed E-state index contributed by atoms with van der Waals surface area (Å²) in [6, 6.07) is 13.4. The quantitative estimate of drug-likeness (QED) is 0.360. The van der Waals surface area contributed by atoms with Gasteiger partial charge in [0.1, 0.15) is 6.54 Å². The van der Waals surface area contributed by atoms with Gasteiger partial charge in [-0.15, -0.1) is 5.10 Å². The summed E-state index contributed by atoms with van der Waals surface area (Å²) in [7, 11) is 2.08. The van der Waals surface area contributed by atoms with Gasteiger partial charge < -0.3 is 20.0 Å². The van der Waals surface area contributed by atoms with Crippen molar-refractivity contribution in [3.05, 3.63) is 65.6 Å². The molecule has 1 aromatic carbocycles. The van der Waals surface area contributed by atoms with Crippen molar-refractivity contribution >= 4 is 40.5 Å². The second-order valence-electron chi connectivity index (χ2n) is 11.4. The molecule has 0 radical (unpaired) electrons. The van der Waals surface area contributed by atoms with Crippen LogP contribution in [0.3, 0.4) is 0 Å². The number of hydrogen-bond acceptors (Lipinski definition) is 8. The first kappa shape index (κ1) is 26.2. The molecule has 11 nitrogen and oxygen atoms in total. The minimum Gasteiger partial charge on any atom is -0.365 e. The van der Waals surface area contributed by atoms with E-state index in [2.05, 4.69) is 55.5 Å². The average Bonchev–Trinajstić information content (AvgIpc) is 3.65. The Labute approximate surface area is 244 Å². The second-order valence-corrected chi connectivity index (χ2v) is 11.9. The Morgan fingerprint density at radius 3 is 2.56 bits per heavy atom. The third-order valence-electron chi connectivity index (χ3n) is 8.64. The standard InChI is InChI=1S/C29H35ClN10O/c1-35-11-13-36(14-12-35)27(41)20-38-17-23(15-31-38)32-29-33-28-26(3-2-10-40(28)34-29)37-18-24-8-9-25(19-37)39(24)16-21-4-6-22(30)7-5-21/h2-7,10,15,17,24-25H,8-9,11-14,16,18-20H2,1H3,(H,32,34). The molecule has 3 aromatic heterocycles. The number of halogens is 1. The Morgan fingerprint density at radius 1 is 1.05 bits per heavy atom. The number of benzene rings is 1. The van der Waals surface area contributed by atoms with E-state index in [-0.39, 0.29) is 12.5 Å². The lowest BCUT2D eigenvalue weighted by molar-refractivity contribution is -0.133. The number of anilines is 3. The molecule has 1 N–H and O–H groups in total. The molecule has 6 heterocycles. The molecule has 7 rings (SSSR count). The molecule has 1 amide bonds. The monoisotopic (exact) mass is 574 g/mol. The van der Waals surface area contributed by atoms with Crippen LogP contribution in [0.25, 0.3) is 5.65 Å². The van der Waals surface area contributed by atoms with Crippen molar-refractivity contribution in [3.8, 4) is 0 Å². The topological polar surface area (TPSA) is 90.1 Å². The van der Waals surface area contributed by atoms with Crippen LogP contribution in [0.2, 0.25) is 5.02 Å². The number of fused-ring (bicyclic) bond motifs is 3. The summed E-state index contributed by atoms with van der Waals surface area (Å²) in [5.41, 5.74) is 3.99. The molecule has 12 heteroatoms. The van der Waals surface area contributed by atoms with Crippen LogP contribution in [0.15, 0.2) is 55.0 Å². The number of pyridine rings is 1. The van der Waals surface area contributed by atoms with E-state index < -0.39 is 0 Å². The van der Waals surface area contributed by atoms with Crippen LogP contribution in [0.1, 0.15) is 18.4 Å². The van der Waals surface area contributed by atoms with Crippen LogP contribution in [0, 0.1) is 0 Å². The summed E-state index contributed by atoms with van der Waals surface area (Å²) in [5.74, 6) is 0.595. The summed E-state index contributed by atoms with van der Waals surface area (Å²) in [5, 5.41) is 13.1. The fraction of sp³-hybridized carbons (Fsp3) is 0.448. The fourth-order valence-electron chi connectivity index (χ4n) is 6.38. The van der Waals surface area contributed by atoms with E-state index >= 15 is 0 Å². The zero-order chi connectivity index (χ0) is 27.9. The molecular formula is C29H35ClN10O. The first-order chi connectivity index (χ1) is 20.0. The van der Waals surface area contributed by atoms with E-state index in [4.69, 9.17) is 16.6 Å². The fourth-order valence-corrected chi connectivity index (χ4v) is 6.50. The van der Waals surface area contributed by atoms with Crippen LogP contribution in [0.5, 0.6) is 0 Å². The lowest BCUT2D eigenvalue weighted by atomic mass is 10.1. The maximum Gasteiger partial charge on any atom is 0.247 e. The number of rotatable bonds is 7. The zero-order valence-electron chi connectivity index (χ0n) is 23.2. The Balaban J connectivity index is 1.02. The van der Waals surface area contributed by atoms with E-state index in [0.717, 1.165) is 67.9 Å². The Bertz CT molecular complexity index is 1510. The molecule has 3 aliphatic rings. The summed E-state index contributed by atoms with van der Waals surface area (Å²) in [4.78, 5) is 26.8. The van der Waals surface area contributed by atoms with Crippen molar-refractivity contribution in [2.75, 3.05) is 56.5 Å². The van der Waals surface area contributed by atoms with Crippen LogP contribution >= 0.6 is 11.6 Å². The second kappa shape index (κ2) is 11.0. The molecule has 0 spiro atoms. The number of piperazine rings is 2. The summed E-state index contributed by atoms with van der Waals surface area (Å²) in [6.45, 7) is 6.43. The Hall–Kier alpha value is -3.67. The van der Waals surface area contributed by atoms with Crippen molar-refractivity contribution in [2.45, 2.75) is 38.0 Å². The number of likely N-dealkylation sites (N-methyl/N-ethyl adjacent to an activating group) is 1. The van der Waals surface area contributed by atoms with Gasteiger partial charge in [-0.05, 0) is 49.7 Å². The number of nitrogens with one attached hydrogen (secondary N) is 1. The van der Waals surface area contributed by atoms with Gasteiger partial charge in [-0.25, -0.2) is 4.52 Å². The lowest BCUT2D eigenvalue weighted by Gasteiger charge is -2.42. The van der Waals surface area contributed by atoms with E-state index in [1.54, 1.807) is 10.9 Å². The van der Waals surface area contributed by atoms with Crippen LogP contribution in [0.4, 0.5) is 17.3 Å². The molecule has 3 aliphatic heterocycles. The van der Waals surface area contributed by atoms with E-state index in [1.165, 1.54) is 18.4 Å². The minimum absolute atomic E-state index is 0.0884. The van der Waals surface area contributed by atoms with E-state index in [0.29, 0.717) is 18.0 Å². The van der Waals surface area contributed by atoms with Gasteiger partial charge in [0.25, 0.3) is 0 Å². The Morgan fingerprint density at radius 2 is 1.80 bits per heavy atom. The molecular weight excluding hydrogens is 540 g/mol. The molecule has 4 aromatic rings. The number of carbonyl (C=O) groups is 1. The average molecular weight is 575 g/mol. The number of aromatic nitrogens is 5. The SMILES string of the molecule is CN1CCN(C(=O)Cn2cc(Nc3nc4c(N5CC6CCC(C5)N6Cc5ccc(Cl)cc5)cccn4n3)cn2)CC1. The highest BCUT2D eigenvalue weighted by Crippen LogP contribution is 2.35. The van der Waals surface area contributed by atoms with Crippen molar-refractivity contribution in [3.63, 3.8) is 0 Å².